The van der Waals surface area contributed by atoms with Gasteiger partial charge in [-0.15, -0.1) is 0 Å². The molecular weight excluding hydrogens is 352 g/mol. The Morgan fingerprint density at radius 1 is 1.38 bits per heavy atom. The van der Waals surface area contributed by atoms with Crippen LogP contribution in [0.4, 0.5) is 0 Å². The number of pyridine rings is 1. The van der Waals surface area contributed by atoms with Gasteiger partial charge in [0.15, 0.2) is 0 Å². The summed E-state index contributed by atoms with van der Waals surface area (Å²) in [6, 6.07) is 7.92. The Hall–Kier alpha value is -1.10. The topological polar surface area (TPSA) is 34.2 Å². The van der Waals surface area contributed by atoms with Crippen LogP contribution in [-0.4, -0.2) is 18.6 Å². The molecule has 0 saturated carbocycles. The quantitative estimate of drug-likeness (QED) is 0.808. The summed E-state index contributed by atoms with van der Waals surface area (Å²) >= 11 is 9.94. The molecule has 0 aliphatic carbocycles. The van der Waals surface area contributed by atoms with Crippen LogP contribution in [0.5, 0.6) is 5.75 Å². The molecule has 0 spiro atoms. The van der Waals surface area contributed by atoms with Gasteiger partial charge in [-0.25, -0.2) is 0 Å². The molecule has 0 bridgehead atoms. The molecule has 0 saturated heterocycles. The van der Waals surface area contributed by atoms with Crippen molar-refractivity contribution in [2.45, 2.75) is 19.4 Å². The van der Waals surface area contributed by atoms with Crippen molar-refractivity contribution in [1.82, 2.24) is 10.3 Å². The lowest BCUT2D eigenvalue weighted by Gasteiger charge is -2.21. The van der Waals surface area contributed by atoms with Crippen LogP contribution in [0.2, 0.25) is 5.02 Å². The maximum absolute atomic E-state index is 6.45. The molecule has 1 atom stereocenters. The molecule has 1 N–H and O–H groups in total. The number of hydrogen-bond acceptors (Lipinski definition) is 3. The largest absolute Gasteiger partial charge is 0.495 e. The minimum absolute atomic E-state index is 0.0162. The highest BCUT2D eigenvalue weighted by molar-refractivity contribution is 9.10. The summed E-state index contributed by atoms with van der Waals surface area (Å²) < 4.78 is 6.16. The fourth-order valence-electron chi connectivity index (χ4n) is 2.14. The van der Waals surface area contributed by atoms with E-state index >= 15 is 0 Å². The van der Waals surface area contributed by atoms with Gasteiger partial charge < -0.3 is 10.1 Å². The molecule has 1 aromatic heterocycles. The maximum atomic E-state index is 6.45. The summed E-state index contributed by atoms with van der Waals surface area (Å²) in [5, 5.41) is 4.24. The molecule has 2 aromatic rings. The summed E-state index contributed by atoms with van der Waals surface area (Å²) in [4.78, 5) is 4.24. The number of ether oxygens (including phenoxy) is 1. The predicted molar refractivity (Wildman–Crippen MR) is 90.1 cm³/mol. The number of hydrogen-bond donors (Lipinski definition) is 1. The van der Waals surface area contributed by atoms with Crippen molar-refractivity contribution in [1.29, 1.82) is 0 Å². The van der Waals surface area contributed by atoms with Crippen molar-refractivity contribution in [3.8, 4) is 5.75 Å². The van der Waals surface area contributed by atoms with Gasteiger partial charge in [-0.3, -0.25) is 4.98 Å². The summed E-state index contributed by atoms with van der Waals surface area (Å²) in [5.74, 6) is 0.738. The summed E-state index contributed by atoms with van der Waals surface area (Å²) in [5.41, 5.74) is 2.05. The molecule has 21 heavy (non-hydrogen) atoms. The molecule has 2 rings (SSSR count). The molecule has 3 nitrogen and oxygen atoms in total. The molecule has 0 aliphatic heterocycles. The molecular formula is C16H18BrClN2O. The Morgan fingerprint density at radius 3 is 2.90 bits per heavy atom. The number of benzene rings is 1. The summed E-state index contributed by atoms with van der Waals surface area (Å²) in [7, 11) is 1.64. The fourth-order valence-corrected chi connectivity index (χ4v) is 2.76. The second-order valence-electron chi connectivity index (χ2n) is 4.69. The van der Waals surface area contributed by atoms with Crippen LogP contribution in [0.1, 0.15) is 30.5 Å². The first kappa shape index (κ1) is 16.3. The first-order valence-corrected chi connectivity index (χ1v) is 8.00. The highest BCUT2D eigenvalue weighted by atomic mass is 79.9. The Labute approximate surface area is 138 Å². The predicted octanol–water partition coefficient (Wildman–Crippen LogP) is 4.60. The van der Waals surface area contributed by atoms with E-state index in [2.05, 4.69) is 33.2 Å². The van der Waals surface area contributed by atoms with Gasteiger partial charge in [-0.1, -0.05) is 30.7 Å². The third kappa shape index (κ3) is 3.96. The molecule has 112 valence electrons. The number of nitrogens with zero attached hydrogens (tertiary/aromatic N) is 1. The Morgan fingerprint density at radius 2 is 2.19 bits per heavy atom. The van der Waals surface area contributed by atoms with Gasteiger partial charge >= 0.3 is 0 Å². The number of nitrogens with one attached hydrogen (secondary N) is 1. The second kappa shape index (κ2) is 7.78. The molecule has 0 radical (unpaired) electrons. The van der Waals surface area contributed by atoms with E-state index in [1.807, 2.05) is 30.5 Å². The Bertz CT molecular complexity index is 607. The average molecular weight is 370 g/mol. The summed E-state index contributed by atoms with van der Waals surface area (Å²) in [6.45, 7) is 3.03. The maximum Gasteiger partial charge on any atom is 0.137 e. The van der Waals surface area contributed by atoms with E-state index in [0.29, 0.717) is 5.02 Å². The van der Waals surface area contributed by atoms with E-state index in [0.717, 1.165) is 34.3 Å². The number of rotatable bonds is 6. The fraction of sp³-hybridized carbons (Fsp3) is 0.312. The van der Waals surface area contributed by atoms with Gasteiger partial charge in [0.05, 0.1) is 24.4 Å². The van der Waals surface area contributed by atoms with Crippen LogP contribution in [-0.2, 0) is 0 Å². The lowest BCUT2D eigenvalue weighted by atomic mass is 10.00. The smallest absolute Gasteiger partial charge is 0.137 e. The first-order valence-electron chi connectivity index (χ1n) is 6.83. The number of methoxy groups -OCH3 is 1. The van der Waals surface area contributed by atoms with E-state index < -0.39 is 0 Å². The third-order valence-electron chi connectivity index (χ3n) is 3.19. The SMILES string of the molecule is CCCNC(c1cncc(OC)c1)c1cccc(Br)c1Cl. The monoisotopic (exact) mass is 368 g/mol. The van der Waals surface area contributed by atoms with Crippen molar-refractivity contribution in [2.24, 2.45) is 0 Å². The third-order valence-corrected chi connectivity index (χ3v) is 4.51. The van der Waals surface area contributed by atoms with Crippen LogP contribution in [0.3, 0.4) is 0 Å². The van der Waals surface area contributed by atoms with E-state index in [1.165, 1.54) is 0 Å². The standard InChI is InChI=1S/C16H18BrClN2O/c1-3-7-20-16(11-8-12(21-2)10-19-9-11)13-5-4-6-14(17)15(13)18/h4-6,8-10,16,20H,3,7H2,1-2H3. The average Bonchev–Trinajstić information content (AvgIpc) is 2.52. The Balaban J connectivity index is 2.44. The lowest BCUT2D eigenvalue weighted by molar-refractivity contribution is 0.411. The molecule has 1 unspecified atom stereocenters. The lowest BCUT2D eigenvalue weighted by Crippen LogP contribution is -2.23. The molecule has 0 amide bonds. The van der Waals surface area contributed by atoms with Gasteiger partial charge in [-0.2, -0.15) is 0 Å². The molecule has 5 heteroatoms. The number of halogens is 2. The van der Waals surface area contributed by atoms with Crippen molar-refractivity contribution in [3.05, 3.63) is 57.3 Å². The van der Waals surface area contributed by atoms with E-state index in [9.17, 15) is 0 Å². The van der Waals surface area contributed by atoms with E-state index in [4.69, 9.17) is 16.3 Å². The Kier molecular flexibility index (Phi) is 6.03. The van der Waals surface area contributed by atoms with Crippen LogP contribution in [0.15, 0.2) is 41.1 Å². The zero-order chi connectivity index (χ0) is 15.2. The normalized spacial score (nSPS) is 12.2. The van der Waals surface area contributed by atoms with Crippen LogP contribution < -0.4 is 10.1 Å². The minimum atomic E-state index is -0.0162. The zero-order valence-corrected chi connectivity index (χ0v) is 14.4. The minimum Gasteiger partial charge on any atom is -0.495 e. The molecule has 0 aliphatic rings. The van der Waals surface area contributed by atoms with Crippen LogP contribution >= 0.6 is 27.5 Å². The van der Waals surface area contributed by atoms with Crippen molar-refractivity contribution in [3.63, 3.8) is 0 Å². The van der Waals surface area contributed by atoms with Crippen molar-refractivity contribution >= 4 is 27.5 Å². The number of aromatic nitrogens is 1. The van der Waals surface area contributed by atoms with Crippen LogP contribution in [0, 0.1) is 0 Å². The van der Waals surface area contributed by atoms with Gasteiger partial charge in [0.2, 0.25) is 0 Å². The molecule has 0 fully saturated rings. The van der Waals surface area contributed by atoms with Crippen LogP contribution in [0.25, 0.3) is 0 Å². The van der Waals surface area contributed by atoms with Gasteiger partial charge in [0.1, 0.15) is 5.75 Å². The van der Waals surface area contributed by atoms with E-state index in [-0.39, 0.29) is 6.04 Å². The summed E-state index contributed by atoms with van der Waals surface area (Å²) in [6.07, 6.45) is 4.58. The van der Waals surface area contributed by atoms with Gasteiger partial charge in [0, 0.05) is 10.7 Å². The molecule has 1 heterocycles. The first-order chi connectivity index (χ1) is 10.2. The van der Waals surface area contributed by atoms with Crippen molar-refractivity contribution < 1.29 is 4.74 Å². The highest BCUT2D eigenvalue weighted by Crippen LogP contribution is 2.34. The molecule has 1 aromatic carbocycles. The zero-order valence-electron chi connectivity index (χ0n) is 12.1. The second-order valence-corrected chi connectivity index (χ2v) is 5.92. The van der Waals surface area contributed by atoms with Gasteiger partial charge in [0.25, 0.3) is 0 Å². The van der Waals surface area contributed by atoms with Gasteiger partial charge in [-0.05, 0) is 52.2 Å². The van der Waals surface area contributed by atoms with Crippen molar-refractivity contribution in [2.75, 3.05) is 13.7 Å². The van der Waals surface area contributed by atoms with E-state index in [1.54, 1.807) is 13.3 Å². The highest BCUT2D eigenvalue weighted by Gasteiger charge is 2.18.